The van der Waals surface area contributed by atoms with Crippen molar-refractivity contribution in [1.29, 1.82) is 0 Å². The number of carbonyl (C=O) groups excluding carboxylic acids is 1. The Morgan fingerprint density at radius 1 is 1.35 bits per heavy atom. The Kier molecular flexibility index (Phi) is 6.81. The van der Waals surface area contributed by atoms with Crippen LogP contribution in [0.4, 0.5) is 4.39 Å². The number of aryl methyl sites for hydroxylation is 1. The van der Waals surface area contributed by atoms with Gasteiger partial charge in [0.25, 0.3) is 0 Å². The number of Topliss-reactive ketones (excluding diaryl/α,β-unsaturated/α-hetero) is 1. The molecule has 1 aliphatic carbocycles. The zero-order valence-corrected chi connectivity index (χ0v) is 15.9. The van der Waals surface area contributed by atoms with E-state index in [2.05, 4.69) is 17.6 Å². The second-order valence-electron chi connectivity index (χ2n) is 7.08. The third kappa shape index (κ3) is 6.12. The maximum atomic E-state index is 14.5. The van der Waals surface area contributed by atoms with Crippen molar-refractivity contribution in [2.24, 2.45) is 4.99 Å². The highest BCUT2D eigenvalue weighted by atomic mass is 32.1. The summed E-state index contributed by atoms with van der Waals surface area (Å²) in [5, 5.41) is 8.61. The van der Waals surface area contributed by atoms with Crippen LogP contribution in [0.5, 0.6) is 5.75 Å². The van der Waals surface area contributed by atoms with Gasteiger partial charge in [0.1, 0.15) is 11.6 Å². The number of carbonyl (C=O) groups is 2. The number of ketones is 1. The molecule has 0 aromatic heterocycles. The molecule has 1 aromatic rings. The number of hydrogen-bond acceptors (Lipinski definition) is 5. The number of rotatable bonds is 9. The molecule has 1 aromatic carbocycles. The molecule has 0 saturated heterocycles. The highest BCUT2D eigenvalue weighted by Crippen LogP contribution is 2.30. The summed E-state index contributed by atoms with van der Waals surface area (Å²) in [4.78, 5) is 26.8. The van der Waals surface area contributed by atoms with Crippen LogP contribution in [0.15, 0.2) is 17.1 Å². The lowest BCUT2D eigenvalue weighted by Crippen LogP contribution is -2.19. The normalized spacial score (nSPS) is 15.2. The van der Waals surface area contributed by atoms with Crippen molar-refractivity contribution < 1.29 is 23.8 Å². The Morgan fingerprint density at radius 2 is 2.08 bits per heavy atom. The van der Waals surface area contributed by atoms with Crippen LogP contribution in [-0.4, -0.2) is 40.5 Å². The first-order valence-electron chi connectivity index (χ1n) is 8.60. The van der Waals surface area contributed by atoms with Gasteiger partial charge in [-0.25, -0.2) is 4.39 Å². The lowest BCUT2D eigenvalue weighted by atomic mass is 10.1. The van der Waals surface area contributed by atoms with E-state index in [0.29, 0.717) is 42.7 Å². The Bertz CT molecular complexity index is 725. The first-order valence-corrected chi connectivity index (χ1v) is 9.05. The monoisotopic (exact) mass is 381 g/mol. The SMILES string of the molecule is CC(C)(S)CC(=O)CN=C1CCc2cc(OCCCC(=O)O)cc(F)c21. The summed E-state index contributed by atoms with van der Waals surface area (Å²) in [6.07, 6.45) is 1.92. The van der Waals surface area contributed by atoms with Crippen LogP contribution in [0.1, 0.15) is 50.7 Å². The van der Waals surface area contributed by atoms with Crippen molar-refractivity contribution in [3.05, 3.63) is 29.1 Å². The van der Waals surface area contributed by atoms with Gasteiger partial charge in [-0.05, 0) is 30.9 Å². The van der Waals surface area contributed by atoms with Gasteiger partial charge < -0.3 is 9.84 Å². The number of aliphatic imine (C=N–C) groups is 1. The van der Waals surface area contributed by atoms with Crippen LogP contribution in [-0.2, 0) is 16.0 Å². The molecule has 5 nitrogen and oxygen atoms in total. The van der Waals surface area contributed by atoms with Crippen LogP contribution in [0.3, 0.4) is 0 Å². The first-order chi connectivity index (χ1) is 12.2. The summed E-state index contributed by atoms with van der Waals surface area (Å²) in [5.74, 6) is -0.940. The summed E-state index contributed by atoms with van der Waals surface area (Å²) in [7, 11) is 0. The van der Waals surface area contributed by atoms with Gasteiger partial charge in [0.05, 0.1) is 13.2 Å². The Labute approximate surface area is 158 Å². The second-order valence-corrected chi connectivity index (χ2v) is 8.29. The lowest BCUT2D eigenvalue weighted by Gasteiger charge is -2.15. The molecule has 0 amide bonds. The summed E-state index contributed by atoms with van der Waals surface area (Å²) in [5.41, 5.74) is 1.88. The molecule has 0 radical (unpaired) electrons. The Balaban J connectivity index is 2.02. The topological polar surface area (TPSA) is 76.0 Å². The van der Waals surface area contributed by atoms with E-state index in [1.54, 1.807) is 6.07 Å². The van der Waals surface area contributed by atoms with Gasteiger partial charge in [-0.15, -0.1) is 0 Å². The number of aliphatic carboxylic acids is 1. The van der Waals surface area contributed by atoms with Gasteiger partial charge in [-0.3, -0.25) is 14.6 Å². The molecule has 142 valence electrons. The predicted octanol–water partition coefficient (Wildman–Crippen LogP) is 3.47. The molecule has 0 fully saturated rings. The third-order valence-corrected chi connectivity index (χ3v) is 4.10. The molecule has 7 heteroatoms. The van der Waals surface area contributed by atoms with Gasteiger partial charge in [0.2, 0.25) is 0 Å². The number of halogens is 1. The highest BCUT2D eigenvalue weighted by molar-refractivity contribution is 7.81. The minimum absolute atomic E-state index is 0.0152. The molecule has 0 aliphatic heterocycles. The van der Waals surface area contributed by atoms with Crippen LogP contribution in [0.2, 0.25) is 0 Å². The van der Waals surface area contributed by atoms with E-state index in [-0.39, 0.29) is 30.1 Å². The Morgan fingerprint density at radius 3 is 2.73 bits per heavy atom. The summed E-state index contributed by atoms with van der Waals surface area (Å²) >= 11 is 4.34. The van der Waals surface area contributed by atoms with Gasteiger partial charge in [0.15, 0.2) is 5.78 Å². The van der Waals surface area contributed by atoms with Gasteiger partial charge in [-0.2, -0.15) is 12.6 Å². The van der Waals surface area contributed by atoms with E-state index < -0.39 is 11.8 Å². The maximum absolute atomic E-state index is 14.5. The summed E-state index contributed by atoms with van der Waals surface area (Å²) < 4.78 is 19.5. The standard InChI is InChI=1S/C19H24FNO4S/c1-19(2,26)10-13(22)11-21-16-6-5-12-8-14(9-15(20)18(12)16)25-7-3-4-17(23)24/h8-9,26H,3-7,10-11H2,1-2H3,(H,23,24). The molecule has 0 spiro atoms. The molecule has 26 heavy (non-hydrogen) atoms. The number of nitrogens with zero attached hydrogens (tertiary/aromatic N) is 1. The minimum atomic E-state index is -0.884. The van der Waals surface area contributed by atoms with Gasteiger partial charge in [-0.1, -0.05) is 13.8 Å². The number of ether oxygens (including phenoxy) is 1. The lowest BCUT2D eigenvalue weighted by molar-refractivity contribution is -0.137. The third-order valence-electron chi connectivity index (χ3n) is 3.94. The molecule has 0 unspecified atom stereocenters. The number of carboxylic acids is 1. The molecule has 0 saturated carbocycles. The molecule has 2 rings (SSSR count). The van der Waals surface area contributed by atoms with Crippen LogP contribution in [0.25, 0.3) is 0 Å². The zero-order valence-electron chi connectivity index (χ0n) is 15.0. The van der Waals surface area contributed by atoms with E-state index >= 15 is 0 Å². The average molecular weight is 381 g/mol. The molecule has 0 atom stereocenters. The predicted molar refractivity (Wildman–Crippen MR) is 101 cm³/mol. The highest BCUT2D eigenvalue weighted by Gasteiger charge is 2.24. The smallest absolute Gasteiger partial charge is 0.303 e. The van der Waals surface area contributed by atoms with Crippen molar-refractivity contribution in [3.63, 3.8) is 0 Å². The number of thiol groups is 1. The van der Waals surface area contributed by atoms with Crippen molar-refractivity contribution >= 4 is 30.1 Å². The van der Waals surface area contributed by atoms with E-state index in [9.17, 15) is 14.0 Å². The second kappa shape index (κ2) is 8.66. The summed E-state index contributed by atoms with van der Waals surface area (Å²) in [6.45, 7) is 3.98. The van der Waals surface area contributed by atoms with E-state index in [0.717, 1.165) is 5.56 Å². The van der Waals surface area contributed by atoms with Crippen molar-refractivity contribution in [1.82, 2.24) is 0 Å². The number of carboxylic acid groups (broad SMARTS) is 1. The molecule has 0 heterocycles. The fourth-order valence-electron chi connectivity index (χ4n) is 2.91. The molecular formula is C19H24FNO4S. The molecule has 1 aliphatic rings. The maximum Gasteiger partial charge on any atom is 0.303 e. The summed E-state index contributed by atoms with van der Waals surface area (Å²) in [6, 6.07) is 3.06. The van der Waals surface area contributed by atoms with E-state index in [4.69, 9.17) is 9.84 Å². The van der Waals surface area contributed by atoms with Crippen molar-refractivity contribution in [2.45, 2.75) is 50.7 Å². The van der Waals surface area contributed by atoms with Crippen LogP contribution >= 0.6 is 12.6 Å². The average Bonchev–Trinajstić information content (AvgIpc) is 2.91. The van der Waals surface area contributed by atoms with Gasteiger partial charge >= 0.3 is 5.97 Å². The number of benzene rings is 1. The largest absolute Gasteiger partial charge is 0.493 e. The first kappa shape index (κ1) is 20.4. The van der Waals surface area contributed by atoms with Crippen LogP contribution in [0, 0.1) is 5.82 Å². The van der Waals surface area contributed by atoms with E-state index in [1.807, 2.05) is 13.8 Å². The minimum Gasteiger partial charge on any atom is -0.493 e. The quantitative estimate of drug-likeness (QED) is 0.507. The van der Waals surface area contributed by atoms with Gasteiger partial charge in [0, 0.05) is 34.9 Å². The van der Waals surface area contributed by atoms with Crippen LogP contribution < -0.4 is 4.74 Å². The Hall–Kier alpha value is -1.89. The zero-order chi connectivity index (χ0) is 19.3. The van der Waals surface area contributed by atoms with E-state index in [1.165, 1.54) is 6.07 Å². The molecular weight excluding hydrogens is 357 g/mol. The van der Waals surface area contributed by atoms with Crippen molar-refractivity contribution in [3.8, 4) is 5.75 Å². The fourth-order valence-corrected chi connectivity index (χ4v) is 3.09. The molecule has 0 bridgehead atoms. The number of fused-ring (bicyclic) bond motifs is 1. The fraction of sp³-hybridized carbons (Fsp3) is 0.526. The van der Waals surface area contributed by atoms with Crippen molar-refractivity contribution in [2.75, 3.05) is 13.2 Å². The number of hydrogen-bond donors (Lipinski definition) is 2. The molecule has 1 N–H and O–H groups in total.